The summed E-state index contributed by atoms with van der Waals surface area (Å²) in [4.78, 5) is 4.02. The van der Waals surface area contributed by atoms with Crippen LogP contribution in [0.15, 0.2) is 4.52 Å². The Labute approximate surface area is 64.4 Å². The van der Waals surface area contributed by atoms with E-state index in [0.717, 1.165) is 5.82 Å². The van der Waals surface area contributed by atoms with Gasteiger partial charge in [-0.2, -0.15) is 4.98 Å². The zero-order valence-corrected chi connectivity index (χ0v) is 6.72. The lowest BCUT2D eigenvalue weighted by atomic mass is 10.2. The highest BCUT2D eigenvalue weighted by atomic mass is 35.5. The number of alkyl halides is 1. The fourth-order valence-corrected chi connectivity index (χ4v) is 0.665. The second-order valence-corrected chi connectivity index (χ2v) is 2.60. The summed E-state index contributed by atoms with van der Waals surface area (Å²) in [6, 6.07) is 0. The molecule has 1 rings (SSSR count). The first-order chi connectivity index (χ1) is 4.74. The van der Waals surface area contributed by atoms with Gasteiger partial charge in [-0.05, 0) is 0 Å². The minimum atomic E-state index is 0.291. The van der Waals surface area contributed by atoms with Crippen molar-refractivity contribution >= 4 is 11.6 Å². The average Bonchev–Trinajstić information content (AvgIpc) is 2.34. The van der Waals surface area contributed by atoms with Crippen molar-refractivity contribution in [1.29, 1.82) is 0 Å². The van der Waals surface area contributed by atoms with Gasteiger partial charge in [-0.25, -0.2) is 0 Å². The highest BCUT2D eigenvalue weighted by Crippen LogP contribution is 2.10. The van der Waals surface area contributed by atoms with Crippen LogP contribution in [0.5, 0.6) is 0 Å². The summed E-state index contributed by atoms with van der Waals surface area (Å²) in [5.41, 5.74) is 0. The van der Waals surface area contributed by atoms with Crippen LogP contribution >= 0.6 is 11.6 Å². The molecule has 0 atom stereocenters. The Hall–Kier alpha value is -0.570. The van der Waals surface area contributed by atoms with Crippen LogP contribution < -0.4 is 0 Å². The van der Waals surface area contributed by atoms with Crippen molar-refractivity contribution in [3.63, 3.8) is 0 Å². The van der Waals surface area contributed by atoms with Crippen LogP contribution in [-0.2, 0) is 5.88 Å². The van der Waals surface area contributed by atoms with Crippen molar-refractivity contribution in [3.8, 4) is 0 Å². The van der Waals surface area contributed by atoms with E-state index in [9.17, 15) is 0 Å². The van der Waals surface area contributed by atoms with Crippen molar-refractivity contribution in [2.75, 3.05) is 0 Å². The normalized spacial score (nSPS) is 10.8. The monoisotopic (exact) mass is 160 g/mol. The molecule has 0 aliphatic carbocycles. The molecule has 0 aliphatic heterocycles. The van der Waals surface area contributed by atoms with Crippen LogP contribution in [0.1, 0.15) is 31.5 Å². The van der Waals surface area contributed by atoms with Crippen molar-refractivity contribution in [1.82, 2.24) is 10.1 Å². The van der Waals surface area contributed by atoms with Gasteiger partial charge in [0.2, 0.25) is 5.89 Å². The molecule has 0 amide bonds. The van der Waals surface area contributed by atoms with Crippen molar-refractivity contribution in [3.05, 3.63) is 11.7 Å². The molecule has 0 radical (unpaired) electrons. The van der Waals surface area contributed by atoms with Crippen LogP contribution in [0.4, 0.5) is 0 Å². The number of aromatic nitrogens is 2. The summed E-state index contributed by atoms with van der Waals surface area (Å²) >= 11 is 5.45. The molecule has 0 unspecified atom stereocenters. The molecule has 1 heterocycles. The number of rotatable bonds is 2. The summed E-state index contributed by atoms with van der Waals surface area (Å²) < 4.78 is 4.78. The van der Waals surface area contributed by atoms with Crippen LogP contribution in [0.3, 0.4) is 0 Å². The third-order valence-electron chi connectivity index (χ3n) is 1.11. The van der Waals surface area contributed by atoms with E-state index in [1.54, 1.807) is 0 Å². The molecule has 0 aliphatic rings. The molecule has 0 fully saturated rings. The lowest BCUT2D eigenvalue weighted by molar-refractivity contribution is 0.382. The second kappa shape index (κ2) is 3.01. The maximum Gasteiger partial charge on any atom is 0.241 e. The van der Waals surface area contributed by atoms with E-state index in [0.29, 0.717) is 17.7 Å². The fourth-order valence-electron chi connectivity index (χ4n) is 0.557. The van der Waals surface area contributed by atoms with E-state index in [1.807, 2.05) is 13.8 Å². The summed E-state index contributed by atoms with van der Waals surface area (Å²) in [7, 11) is 0. The lowest BCUT2D eigenvalue weighted by Crippen LogP contribution is -1.89. The summed E-state index contributed by atoms with van der Waals surface area (Å²) in [6.45, 7) is 4.01. The molecule has 1 aromatic heterocycles. The molecular formula is C6H9ClN2O. The van der Waals surface area contributed by atoms with Gasteiger partial charge >= 0.3 is 0 Å². The first-order valence-corrected chi connectivity index (χ1v) is 3.66. The average molecular weight is 161 g/mol. The maximum absolute atomic E-state index is 5.45. The first-order valence-electron chi connectivity index (χ1n) is 3.12. The molecule has 0 bridgehead atoms. The van der Waals surface area contributed by atoms with Crippen molar-refractivity contribution in [2.45, 2.75) is 25.6 Å². The number of nitrogens with zero attached hydrogens (tertiary/aromatic N) is 2. The molecule has 1 aromatic rings. The summed E-state index contributed by atoms with van der Waals surface area (Å²) in [6.07, 6.45) is 0. The van der Waals surface area contributed by atoms with Gasteiger partial charge < -0.3 is 4.52 Å². The zero-order chi connectivity index (χ0) is 7.56. The largest absolute Gasteiger partial charge is 0.338 e. The minimum Gasteiger partial charge on any atom is -0.338 e. The molecule has 0 spiro atoms. The van der Waals surface area contributed by atoms with Crippen molar-refractivity contribution < 1.29 is 4.52 Å². The molecule has 4 heteroatoms. The SMILES string of the molecule is CC(C)c1noc(CCl)n1. The van der Waals surface area contributed by atoms with E-state index in [-0.39, 0.29) is 0 Å². The highest BCUT2D eigenvalue weighted by molar-refractivity contribution is 6.16. The number of hydrogen-bond donors (Lipinski definition) is 0. The molecule has 0 N–H and O–H groups in total. The standard InChI is InChI=1S/C6H9ClN2O/c1-4(2)6-8-5(3-7)10-9-6/h4H,3H2,1-2H3. The number of hydrogen-bond acceptors (Lipinski definition) is 3. The Bertz CT molecular complexity index is 209. The Balaban J connectivity index is 2.78. The molecule has 0 saturated carbocycles. The van der Waals surface area contributed by atoms with E-state index in [4.69, 9.17) is 16.1 Å². The summed E-state index contributed by atoms with van der Waals surface area (Å²) in [5.74, 6) is 1.81. The van der Waals surface area contributed by atoms with Gasteiger partial charge in [0, 0.05) is 5.92 Å². The number of halogens is 1. The van der Waals surface area contributed by atoms with Crippen LogP contribution in [0.2, 0.25) is 0 Å². The van der Waals surface area contributed by atoms with Gasteiger partial charge in [0.05, 0.1) is 0 Å². The zero-order valence-electron chi connectivity index (χ0n) is 5.97. The van der Waals surface area contributed by atoms with Gasteiger partial charge in [-0.3, -0.25) is 0 Å². The lowest BCUT2D eigenvalue weighted by Gasteiger charge is -1.91. The Morgan fingerprint density at radius 1 is 1.60 bits per heavy atom. The van der Waals surface area contributed by atoms with Gasteiger partial charge in [-0.1, -0.05) is 19.0 Å². The first kappa shape index (κ1) is 7.54. The van der Waals surface area contributed by atoms with Crippen LogP contribution in [0, 0.1) is 0 Å². The summed E-state index contributed by atoms with van der Waals surface area (Å²) in [5, 5.41) is 3.72. The smallest absolute Gasteiger partial charge is 0.241 e. The van der Waals surface area contributed by atoms with Crippen molar-refractivity contribution in [2.24, 2.45) is 0 Å². The maximum atomic E-state index is 5.45. The molecule has 0 saturated heterocycles. The topological polar surface area (TPSA) is 38.9 Å². The quantitative estimate of drug-likeness (QED) is 0.621. The van der Waals surface area contributed by atoms with Crippen LogP contribution in [-0.4, -0.2) is 10.1 Å². The Morgan fingerprint density at radius 2 is 2.30 bits per heavy atom. The van der Waals surface area contributed by atoms with E-state index in [2.05, 4.69) is 10.1 Å². The van der Waals surface area contributed by atoms with Gasteiger partial charge in [0.15, 0.2) is 5.82 Å². The van der Waals surface area contributed by atoms with E-state index in [1.165, 1.54) is 0 Å². The molecule has 3 nitrogen and oxygen atoms in total. The Morgan fingerprint density at radius 3 is 2.60 bits per heavy atom. The predicted octanol–water partition coefficient (Wildman–Crippen LogP) is 1.93. The third-order valence-corrected chi connectivity index (χ3v) is 1.34. The Kier molecular flexibility index (Phi) is 2.27. The second-order valence-electron chi connectivity index (χ2n) is 2.33. The highest BCUT2D eigenvalue weighted by Gasteiger charge is 2.07. The molecule has 56 valence electrons. The minimum absolute atomic E-state index is 0.291. The van der Waals surface area contributed by atoms with Gasteiger partial charge in [0.25, 0.3) is 0 Å². The van der Waals surface area contributed by atoms with Gasteiger partial charge in [-0.15, -0.1) is 11.6 Å². The molecule has 0 aromatic carbocycles. The predicted molar refractivity (Wildman–Crippen MR) is 37.9 cm³/mol. The van der Waals surface area contributed by atoms with E-state index >= 15 is 0 Å². The molecule has 10 heavy (non-hydrogen) atoms. The fraction of sp³-hybridized carbons (Fsp3) is 0.667. The molecular weight excluding hydrogens is 152 g/mol. The van der Waals surface area contributed by atoms with Gasteiger partial charge in [0.1, 0.15) is 5.88 Å². The van der Waals surface area contributed by atoms with E-state index < -0.39 is 0 Å². The van der Waals surface area contributed by atoms with Crippen LogP contribution in [0.25, 0.3) is 0 Å². The third kappa shape index (κ3) is 1.48.